The monoisotopic (exact) mass is 427 g/mol. The predicted molar refractivity (Wildman–Crippen MR) is 120 cm³/mol. The molecule has 0 saturated carbocycles. The summed E-state index contributed by atoms with van der Waals surface area (Å²) in [5, 5.41) is 31.7. The maximum absolute atomic E-state index is 11.0. The zero-order valence-corrected chi connectivity index (χ0v) is 17.5. The highest BCUT2D eigenvalue weighted by Crippen LogP contribution is 2.32. The van der Waals surface area contributed by atoms with Crippen LogP contribution in [0.1, 0.15) is 25.5 Å². The number of rotatable bonds is 3. The summed E-state index contributed by atoms with van der Waals surface area (Å²) in [6, 6.07) is 16.4. The molecule has 9 nitrogen and oxygen atoms in total. The van der Waals surface area contributed by atoms with Crippen molar-refractivity contribution in [3.63, 3.8) is 0 Å². The molecule has 4 aromatic rings. The van der Waals surface area contributed by atoms with Crippen LogP contribution in [-0.2, 0) is 0 Å². The van der Waals surface area contributed by atoms with Gasteiger partial charge in [0, 0.05) is 24.2 Å². The second-order valence-electron chi connectivity index (χ2n) is 8.32. The molecule has 32 heavy (non-hydrogen) atoms. The number of piperidine rings is 1. The summed E-state index contributed by atoms with van der Waals surface area (Å²) in [6.07, 6.45) is 0.208. The van der Waals surface area contributed by atoms with Gasteiger partial charge in [-0.1, -0.05) is 36.4 Å². The van der Waals surface area contributed by atoms with E-state index in [1.165, 1.54) is 0 Å². The predicted octanol–water partition coefficient (Wildman–Crippen LogP) is 3.67. The van der Waals surface area contributed by atoms with Gasteiger partial charge in [0.05, 0.1) is 11.1 Å². The van der Waals surface area contributed by atoms with Gasteiger partial charge in [0.1, 0.15) is 6.07 Å². The summed E-state index contributed by atoms with van der Waals surface area (Å²) >= 11 is 0. The standard InChI is InChI=1S/C23H21N7O2/c1-23(27-22(31)32)8-10-30(11-9-23)21-25-17(13-24)18-19(28-29-20(18)26-21)16-7-6-14-4-2-3-5-15(14)12-16/h2-7,12,27H,8-11H2,1H3,(H,31,32)(H,25,26,28,29). The molecule has 0 unspecified atom stereocenters. The van der Waals surface area contributed by atoms with E-state index < -0.39 is 11.6 Å². The van der Waals surface area contributed by atoms with E-state index in [9.17, 15) is 10.1 Å². The third-order valence-corrected chi connectivity index (χ3v) is 6.10. The van der Waals surface area contributed by atoms with Crippen LogP contribution < -0.4 is 10.2 Å². The smallest absolute Gasteiger partial charge is 0.405 e. The Morgan fingerprint density at radius 1 is 1.19 bits per heavy atom. The van der Waals surface area contributed by atoms with Crippen molar-refractivity contribution in [1.29, 1.82) is 5.26 Å². The van der Waals surface area contributed by atoms with E-state index in [4.69, 9.17) is 5.11 Å². The number of nitriles is 1. The molecular formula is C23H21N7O2. The Balaban J connectivity index is 1.50. The number of hydrogen-bond donors (Lipinski definition) is 3. The van der Waals surface area contributed by atoms with Crippen molar-refractivity contribution in [2.24, 2.45) is 0 Å². The van der Waals surface area contributed by atoms with Crippen LogP contribution in [0.15, 0.2) is 42.5 Å². The van der Waals surface area contributed by atoms with Gasteiger partial charge < -0.3 is 15.3 Å². The minimum absolute atomic E-state index is 0.263. The molecule has 0 radical (unpaired) electrons. The summed E-state index contributed by atoms with van der Waals surface area (Å²) < 4.78 is 0. The normalized spacial score (nSPS) is 15.6. The van der Waals surface area contributed by atoms with Gasteiger partial charge in [-0.2, -0.15) is 15.3 Å². The largest absolute Gasteiger partial charge is 0.465 e. The van der Waals surface area contributed by atoms with Crippen LogP contribution in [0.2, 0.25) is 0 Å². The van der Waals surface area contributed by atoms with E-state index in [0.29, 0.717) is 48.6 Å². The molecule has 3 N–H and O–H groups in total. The first-order valence-electron chi connectivity index (χ1n) is 10.4. The number of aromatic amines is 1. The van der Waals surface area contributed by atoms with Gasteiger partial charge in [0.15, 0.2) is 11.3 Å². The zero-order valence-electron chi connectivity index (χ0n) is 17.5. The number of nitrogens with zero attached hydrogens (tertiary/aromatic N) is 5. The maximum Gasteiger partial charge on any atom is 0.405 e. The summed E-state index contributed by atoms with van der Waals surface area (Å²) in [6.45, 7) is 3.05. The molecule has 0 bridgehead atoms. The van der Waals surface area contributed by atoms with Gasteiger partial charge in [0.2, 0.25) is 5.95 Å². The first-order valence-corrected chi connectivity index (χ1v) is 10.4. The van der Waals surface area contributed by atoms with Crippen molar-refractivity contribution >= 4 is 33.8 Å². The molecule has 0 spiro atoms. The Bertz CT molecular complexity index is 1380. The Hall–Kier alpha value is -4.19. The summed E-state index contributed by atoms with van der Waals surface area (Å²) in [5.74, 6) is 0.433. The summed E-state index contributed by atoms with van der Waals surface area (Å²) in [7, 11) is 0. The Morgan fingerprint density at radius 3 is 2.66 bits per heavy atom. The van der Waals surface area contributed by atoms with E-state index in [-0.39, 0.29) is 5.69 Å². The van der Waals surface area contributed by atoms with Crippen LogP contribution in [0.5, 0.6) is 0 Å². The molecule has 5 rings (SSSR count). The first kappa shape index (κ1) is 19.8. The average molecular weight is 427 g/mol. The maximum atomic E-state index is 11.0. The minimum atomic E-state index is -1.02. The molecule has 1 aliphatic heterocycles. The van der Waals surface area contributed by atoms with Gasteiger partial charge in [-0.05, 0) is 36.6 Å². The van der Waals surface area contributed by atoms with E-state index in [2.05, 4.69) is 43.7 Å². The third-order valence-electron chi connectivity index (χ3n) is 6.10. The lowest BCUT2D eigenvalue weighted by Gasteiger charge is -2.39. The van der Waals surface area contributed by atoms with E-state index in [1.807, 2.05) is 42.2 Å². The summed E-state index contributed by atoms with van der Waals surface area (Å²) in [5.41, 5.74) is 1.84. The molecule has 0 aliphatic carbocycles. The lowest BCUT2D eigenvalue weighted by Crippen LogP contribution is -2.53. The number of hydrogen-bond acceptors (Lipinski definition) is 6. The molecule has 2 aromatic heterocycles. The van der Waals surface area contributed by atoms with Crippen LogP contribution >= 0.6 is 0 Å². The molecular weight excluding hydrogens is 406 g/mol. The Labute approximate surface area is 183 Å². The van der Waals surface area contributed by atoms with Gasteiger partial charge in [-0.3, -0.25) is 5.10 Å². The fourth-order valence-electron chi connectivity index (χ4n) is 4.27. The van der Waals surface area contributed by atoms with Crippen LogP contribution in [0, 0.1) is 11.3 Å². The molecule has 160 valence electrons. The molecule has 0 atom stereocenters. The van der Waals surface area contributed by atoms with Crippen molar-refractivity contribution < 1.29 is 9.90 Å². The number of amides is 1. The number of aromatic nitrogens is 4. The summed E-state index contributed by atoms with van der Waals surface area (Å²) in [4.78, 5) is 22.2. The number of carboxylic acid groups (broad SMARTS) is 1. The van der Waals surface area contributed by atoms with E-state index in [1.54, 1.807) is 0 Å². The van der Waals surface area contributed by atoms with Crippen LogP contribution in [0.4, 0.5) is 10.7 Å². The van der Waals surface area contributed by atoms with Gasteiger partial charge in [-0.15, -0.1) is 0 Å². The fourth-order valence-corrected chi connectivity index (χ4v) is 4.27. The molecule has 2 aromatic carbocycles. The highest BCUT2D eigenvalue weighted by molar-refractivity contribution is 5.97. The number of carbonyl (C=O) groups is 1. The quantitative estimate of drug-likeness (QED) is 0.455. The van der Waals surface area contributed by atoms with Crippen molar-refractivity contribution in [2.45, 2.75) is 25.3 Å². The first-order chi connectivity index (χ1) is 15.5. The van der Waals surface area contributed by atoms with Gasteiger partial charge >= 0.3 is 6.09 Å². The van der Waals surface area contributed by atoms with Crippen molar-refractivity contribution in [1.82, 2.24) is 25.5 Å². The molecule has 1 aliphatic rings. The van der Waals surface area contributed by atoms with Crippen LogP contribution in [0.3, 0.4) is 0 Å². The number of nitrogens with one attached hydrogen (secondary N) is 2. The number of benzene rings is 2. The lowest BCUT2D eigenvalue weighted by atomic mass is 9.90. The van der Waals surface area contributed by atoms with E-state index in [0.717, 1.165) is 16.3 Å². The van der Waals surface area contributed by atoms with Gasteiger partial charge in [0.25, 0.3) is 0 Å². The second kappa shape index (κ2) is 7.50. The van der Waals surface area contributed by atoms with Crippen molar-refractivity contribution in [3.8, 4) is 17.3 Å². The van der Waals surface area contributed by atoms with Crippen molar-refractivity contribution in [2.75, 3.05) is 18.0 Å². The van der Waals surface area contributed by atoms with Crippen LogP contribution in [0.25, 0.3) is 33.1 Å². The molecule has 1 saturated heterocycles. The highest BCUT2D eigenvalue weighted by Gasteiger charge is 2.33. The zero-order chi connectivity index (χ0) is 22.3. The number of H-pyrrole nitrogens is 1. The molecule has 3 heterocycles. The number of fused-ring (bicyclic) bond motifs is 2. The Kier molecular flexibility index (Phi) is 4.63. The molecule has 1 amide bonds. The topological polar surface area (TPSA) is 131 Å². The van der Waals surface area contributed by atoms with Gasteiger partial charge in [-0.25, -0.2) is 9.78 Å². The van der Waals surface area contributed by atoms with Crippen molar-refractivity contribution in [3.05, 3.63) is 48.2 Å². The highest BCUT2D eigenvalue weighted by atomic mass is 16.4. The third kappa shape index (κ3) is 3.46. The average Bonchev–Trinajstić information content (AvgIpc) is 3.22. The Morgan fingerprint density at radius 2 is 1.94 bits per heavy atom. The number of anilines is 1. The molecule has 9 heteroatoms. The van der Waals surface area contributed by atoms with Crippen LogP contribution in [-0.4, -0.2) is 50.0 Å². The fraction of sp³-hybridized carbons (Fsp3) is 0.261. The lowest BCUT2D eigenvalue weighted by molar-refractivity contribution is 0.173. The molecule has 1 fully saturated rings. The van der Waals surface area contributed by atoms with E-state index >= 15 is 0 Å². The SMILES string of the molecule is CC1(NC(=O)O)CCN(c2nc(C#N)c3c(-c4ccc5ccccc5c4)[nH]nc3n2)CC1. The second-order valence-corrected chi connectivity index (χ2v) is 8.32. The minimum Gasteiger partial charge on any atom is -0.465 e.